The van der Waals surface area contributed by atoms with Gasteiger partial charge in [-0.2, -0.15) is 0 Å². The minimum absolute atomic E-state index is 0.0644. The smallest absolute Gasteiger partial charge is 0.275 e. The van der Waals surface area contributed by atoms with Crippen LogP contribution in [0.5, 0.6) is 0 Å². The lowest BCUT2D eigenvalue weighted by Gasteiger charge is -2.13. The first-order chi connectivity index (χ1) is 12.8. The van der Waals surface area contributed by atoms with Crippen LogP contribution in [0, 0.1) is 6.92 Å². The highest BCUT2D eigenvalue weighted by atomic mass is 35.5. The van der Waals surface area contributed by atoms with E-state index in [9.17, 15) is 9.59 Å². The van der Waals surface area contributed by atoms with Crippen LogP contribution in [-0.2, 0) is 6.54 Å². The van der Waals surface area contributed by atoms with Crippen molar-refractivity contribution in [2.45, 2.75) is 20.4 Å². The molecule has 3 aromatic rings. The summed E-state index contributed by atoms with van der Waals surface area (Å²) in [6.07, 6.45) is 5.68. The Morgan fingerprint density at radius 1 is 1.30 bits per heavy atom. The number of aromatic nitrogens is 2. The summed E-state index contributed by atoms with van der Waals surface area (Å²) in [4.78, 5) is 29.6. The molecule has 1 aromatic carbocycles. The molecule has 6 heteroatoms. The van der Waals surface area contributed by atoms with Gasteiger partial charge in [-0.15, -0.1) is 0 Å². The minimum atomic E-state index is -0.146. The standard InChI is InChI=1S/C21H22ClN3O2/c1-5-6-9-25-12-17(16-10-13(2)23-19(16)21(25)27)14-7-8-15(18(22)11-14)20(26)24(3)4/h5-8,10-12,23H,9H2,1-4H3/b6-5+. The van der Waals surface area contributed by atoms with Gasteiger partial charge >= 0.3 is 0 Å². The summed E-state index contributed by atoms with van der Waals surface area (Å²) in [7, 11) is 3.38. The fraction of sp³-hybridized carbons (Fsp3) is 0.238. The number of hydrogen-bond donors (Lipinski definition) is 1. The Kier molecular flexibility index (Phi) is 5.24. The Bertz CT molecular complexity index is 1110. The van der Waals surface area contributed by atoms with E-state index in [2.05, 4.69) is 4.98 Å². The van der Waals surface area contributed by atoms with Crippen LogP contribution < -0.4 is 5.56 Å². The molecule has 3 rings (SSSR count). The molecule has 1 amide bonds. The fourth-order valence-electron chi connectivity index (χ4n) is 3.08. The van der Waals surface area contributed by atoms with Crippen molar-refractivity contribution in [3.8, 4) is 11.1 Å². The maximum absolute atomic E-state index is 12.7. The molecule has 2 heterocycles. The van der Waals surface area contributed by atoms with Crippen molar-refractivity contribution < 1.29 is 4.79 Å². The Labute approximate surface area is 162 Å². The zero-order valence-corrected chi connectivity index (χ0v) is 16.6. The molecule has 5 nitrogen and oxygen atoms in total. The second-order valence-corrected chi connectivity index (χ2v) is 7.11. The zero-order chi connectivity index (χ0) is 19.7. The van der Waals surface area contributed by atoms with Gasteiger partial charge in [-0.3, -0.25) is 9.59 Å². The molecule has 27 heavy (non-hydrogen) atoms. The molecular weight excluding hydrogens is 362 g/mol. The van der Waals surface area contributed by atoms with Crippen LogP contribution in [0.4, 0.5) is 0 Å². The molecule has 0 saturated carbocycles. The third kappa shape index (κ3) is 3.55. The second kappa shape index (κ2) is 7.45. The number of nitrogens with zero attached hydrogens (tertiary/aromatic N) is 2. The average Bonchev–Trinajstić information content (AvgIpc) is 3.02. The van der Waals surface area contributed by atoms with Crippen LogP contribution in [0.15, 0.2) is 47.4 Å². The van der Waals surface area contributed by atoms with Gasteiger partial charge in [-0.05, 0) is 37.6 Å². The lowest BCUT2D eigenvalue weighted by Crippen LogP contribution is -2.22. The molecule has 0 aliphatic carbocycles. The number of carbonyl (C=O) groups is 1. The molecule has 1 N–H and O–H groups in total. The van der Waals surface area contributed by atoms with Crippen molar-refractivity contribution in [3.63, 3.8) is 0 Å². The number of H-pyrrole nitrogens is 1. The monoisotopic (exact) mass is 383 g/mol. The molecule has 0 fully saturated rings. The third-order valence-corrected chi connectivity index (χ3v) is 4.77. The zero-order valence-electron chi connectivity index (χ0n) is 15.8. The molecule has 0 bridgehead atoms. The van der Waals surface area contributed by atoms with E-state index >= 15 is 0 Å². The molecule has 2 aromatic heterocycles. The Morgan fingerprint density at radius 3 is 2.67 bits per heavy atom. The average molecular weight is 384 g/mol. The highest BCUT2D eigenvalue weighted by molar-refractivity contribution is 6.34. The lowest BCUT2D eigenvalue weighted by molar-refractivity contribution is 0.0828. The van der Waals surface area contributed by atoms with Gasteiger partial charge in [0.05, 0.1) is 10.6 Å². The number of aromatic amines is 1. The quantitative estimate of drug-likeness (QED) is 0.685. The topological polar surface area (TPSA) is 58.1 Å². The van der Waals surface area contributed by atoms with Crippen molar-refractivity contribution in [3.05, 3.63) is 69.2 Å². The number of nitrogens with one attached hydrogen (secondary N) is 1. The van der Waals surface area contributed by atoms with Gasteiger partial charge in [-0.1, -0.05) is 29.8 Å². The molecule has 0 atom stereocenters. The number of carbonyl (C=O) groups excluding carboxylic acids is 1. The Balaban J connectivity index is 2.21. The number of hydrogen-bond acceptors (Lipinski definition) is 2. The molecular formula is C21H22ClN3O2. The predicted octanol–water partition coefficient (Wildman–Crippen LogP) is 4.24. The first-order valence-corrected chi connectivity index (χ1v) is 9.06. The minimum Gasteiger partial charge on any atom is -0.354 e. The van der Waals surface area contributed by atoms with Gasteiger partial charge in [0.15, 0.2) is 0 Å². The fourth-order valence-corrected chi connectivity index (χ4v) is 3.34. The molecule has 0 saturated heterocycles. The summed E-state index contributed by atoms with van der Waals surface area (Å²) >= 11 is 6.39. The van der Waals surface area contributed by atoms with E-state index in [4.69, 9.17) is 11.6 Å². The number of aryl methyl sites for hydroxylation is 1. The molecule has 0 aliphatic rings. The SMILES string of the molecule is C/C=C/Cn1cc(-c2ccc(C(=O)N(C)C)c(Cl)c2)c2cc(C)[nH]c2c1=O. The summed E-state index contributed by atoms with van der Waals surface area (Å²) in [6, 6.07) is 7.33. The molecule has 140 valence electrons. The van der Waals surface area contributed by atoms with Crippen LogP contribution >= 0.6 is 11.6 Å². The number of amides is 1. The highest BCUT2D eigenvalue weighted by Gasteiger charge is 2.16. The van der Waals surface area contributed by atoms with E-state index in [1.165, 1.54) is 4.90 Å². The lowest BCUT2D eigenvalue weighted by atomic mass is 10.0. The van der Waals surface area contributed by atoms with Crippen LogP contribution in [0.1, 0.15) is 23.0 Å². The molecule has 0 aliphatic heterocycles. The molecule has 0 spiro atoms. The van der Waals surface area contributed by atoms with Gasteiger partial charge < -0.3 is 14.5 Å². The van der Waals surface area contributed by atoms with E-state index in [1.807, 2.05) is 44.3 Å². The number of rotatable bonds is 4. The van der Waals surface area contributed by atoms with E-state index in [-0.39, 0.29) is 11.5 Å². The third-order valence-electron chi connectivity index (χ3n) is 4.46. The normalized spacial score (nSPS) is 11.4. The summed E-state index contributed by atoms with van der Waals surface area (Å²) in [6.45, 7) is 4.33. The van der Waals surface area contributed by atoms with Crippen molar-refractivity contribution >= 4 is 28.4 Å². The highest BCUT2D eigenvalue weighted by Crippen LogP contribution is 2.31. The van der Waals surface area contributed by atoms with Crippen molar-refractivity contribution in [1.29, 1.82) is 0 Å². The van der Waals surface area contributed by atoms with Gasteiger partial charge in [0.2, 0.25) is 0 Å². The van der Waals surface area contributed by atoms with E-state index in [1.54, 1.807) is 30.8 Å². The Hall–Kier alpha value is -2.79. The summed E-state index contributed by atoms with van der Waals surface area (Å²) < 4.78 is 1.67. The number of benzene rings is 1. The predicted molar refractivity (Wildman–Crippen MR) is 111 cm³/mol. The van der Waals surface area contributed by atoms with Gasteiger partial charge in [0, 0.05) is 43.5 Å². The molecule has 0 unspecified atom stereocenters. The maximum Gasteiger partial charge on any atom is 0.275 e. The van der Waals surface area contributed by atoms with Gasteiger partial charge in [-0.25, -0.2) is 0 Å². The van der Waals surface area contributed by atoms with Crippen LogP contribution in [-0.4, -0.2) is 34.5 Å². The van der Waals surface area contributed by atoms with Crippen molar-refractivity contribution in [2.75, 3.05) is 14.1 Å². The van der Waals surface area contributed by atoms with Crippen molar-refractivity contribution in [1.82, 2.24) is 14.5 Å². The first-order valence-electron chi connectivity index (χ1n) is 8.69. The Morgan fingerprint density at radius 2 is 2.04 bits per heavy atom. The largest absolute Gasteiger partial charge is 0.354 e. The van der Waals surface area contributed by atoms with Gasteiger partial charge in [0.1, 0.15) is 5.52 Å². The van der Waals surface area contributed by atoms with Crippen LogP contribution in [0.25, 0.3) is 22.0 Å². The van der Waals surface area contributed by atoms with E-state index < -0.39 is 0 Å². The molecule has 0 radical (unpaired) electrons. The number of pyridine rings is 1. The van der Waals surface area contributed by atoms with Crippen LogP contribution in [0.3, 0.4) is 0 Å². The van der Waals surface area contributed by atoms with Crippen molar-refractivity contribution in [2.24, 2.45) is 0 Å². The number of allylic oxidation sites excluding steroid dienone is 2. The maximum atomic E-state index is 12.7. The second-order valence-electron chi connectivity index (χ2n) is 6.70. The summed E-state index contributed by atoms with van der Waals surface area (Å²) in [5, 5.41) is 1.23. The summed E-state index contributed by atoms with van der Waals surface area (Å²) in [5.74, 6) is -0.146. The number of fused-ring (bicyclic) bond motifs is 1. The number of halogens is 1. The summed E-state index contributed by atoms with van der Waals surface area (Å²) in [5.41, 5.74) is 3.62. The van der Waals surface area contributed by atoms with Gasteiger partial charge in [0.25, 0.3) is 11.5 Å². The van der Waals surface area contributed by atoms with E-state index in [0.29, 0.717) is 22.6 Å². The first kappa shape index (κ1) is 19.0. The van der Waals surface area contributed by atoms with E-state index in [0.717, 1.165) is 22.2 Å². The van der Waals surface area contributed by atoms with Crippen LogP contribution in [0.2, 0.25) is 5.02 Å².